The SMILES string of the molecule is C[C@]12CC[C@H](OCCOCCN3CCCC3)C=C1CC[C@@H]1[C@@H]2CC[C@@]2(C)[C@H]1CC[C@]2(OCCN)c1ccoc1. The van der Waals surface area contributed by atoms with Crippen molar-refractivity contribution in [1.82, 2.24) is 4.90 Å². The molecule has 3 saturated carbocycles. The molecule has 5 aliphatic rings. The van der Waals surface area contributed by atoms with Crippen molar-refractivity contribution in [2.45, 2.75) is 89.8 Å². The van der Waals surface area contributed by atoms with Crippen LogP contribution in [0.2, 0.25) is 0 Å². The van der Waals surface area contributed by atoms with Crippen molar-refractivity contribution in [2.75, 3.05) is 52.6 Å². The van der Waals surface area contributed by atoms with Crippen LogP contribution in [-0.4, -0.2) is 63.6 Å². The van der Waals surface area contributed by atoms with E-state index in [0.717, 1.165) is 37.8 Å². The molecule has 39 heavy (non-hydrogen) atoms. The molecule has 0 radical (unpaired) electrons. The van der Waals surface area contributed by atoms with Gasteiger partial charge in [-0.1, -0.05) is 25.5 Å². The molecule has 0 spiro atoms. The summed E-state index contributed by atoms with van der Waals surface area (Å²) in [4.78, 5) is 2.51. The summed E-state index contributed by atoms with van der Waals surface area (Å²) in [7, 11) is 0. The highest BCUT2D eigenvalue weighted by atomic mass is 16.5. The predicted octanol–water partition coefficient (Wildman–Crippen LogP) is 5.91. The minimum absolute atomic E-state index is 0.125. The van der Waals surface area contributed by atoms with Gasteiger partial charge in [0.05, 0.1) is 45.1 Å². The number of rotatable bonds is 11. The first kappa shape index (κ1) is 28.0. The van der Waals surface area contributed by atoms with Crippen molar-refractivity contribution >= 4 is 0 Å². The Morgan fingerprint density at radius 2 is 1.82 bits per heavy atom. The molecule has 1 aliphatic heterocycles. The van der Waals surface area contributed by atoms with Crippen LogP contribution < -0.4 is 5.73 Å². The molecule has 4 aliphatic carbocycles. The fourth-order valence-electron chi connectivity index (χ4n) is 9.91. The fraction of sp³-hybridized carbons (Fsp3) is 0.818. The smallest absolute Gasteiger partial charge is 0.102 e. The van der Waals surface area contributed by atoms with Crippen molar-refractivity contribution in [2.24, 2.45) is 34.3 Å². The Labute approximate surface area is 236 Å². The van der Waals surface area contributed by atoms with Crippen LogP contribution >= 0.6 is 0 Å². The Morgan fingerprint density at radius 3 is 2.62 bits per heavy atom. The Bertz CT molecular complexity index is 974. The molecule has 0 unspecified atom stereocenters. The van der Waals surface area contributed by atoms with E-state index in [-0.39, 0.29) is 17.1 Å². The zero-order chi connectivity index (χ0) is 26.9. The second-order valence-electron chi connectivity index (χ2n) is 13.6. The lowest BCUT2D eigenvalue weighted by Crippen LogP contribution is -2.54. The molecular formula is C33H52N2O4. The van der Waals surface area contributed by atoms with Crippen LogP contribution in [0, 0.1) is 28.6 Å². The normalized spacial score (nSPS) is 40.2. The molecule has 2 heterocycles. The minimum Gasteiger partial charge on any atom is -0.472 e. The molecule has 0 amide bonds. The molecule has 2 N–H and O–H groups in total. The summed E-state index contributed by atoms with van der Waals surface area (Å²) >= 11 is 0. The van der Waals surface area contributed by atoms with Gasteiger partial charge in [-0.05, 0) is 107 Å². The van der Waals surface area contributed by atoms with Gasteiger partial charge in [0.1, 0.15) is 5.60 Å². The summed E-state index contributed by atoms with van der Waals surface area (Å²) in [6.45, 7) is 12.1. The maximum atomic E-state index is 6.74. The predicted molar refractivity (Wildman–Crippen MR) is 153 cm³/mol. The number of furan rings is 1. The van der Waals surface area contributed by atoms with Gasteiger partial charge in [-0.15, -0.1) is 0 Å². The lowest BCUT2D eigenvalue weighted by Gasteiger charge is -2.60. The van der Waals surface area contributed by atoms with Crippen molar-refractivity contribution in [3.63, 3.8) is 0 Å². The van der Waals surface area contributed by atoms with E-state index in [1.807, 2.05) is 12.5 Å². The lowest BCUT2D eigenvalue weighted by molar-refractivity contribution is -0.164. The standard InChI is InChI=1S/C33H52N2O4/c1-31-11-7-27(38-22-21-36-20-17-35-15-3-4-16-35)23-25(31)5-6-28-29(31)8-12-32(2)30(28)9-13-33(32,39-19-14-34)26-10-18-37-24-26/h10,18,23-24,27-30H,3-9,11-17,19-22,34H2,1-2H3/t27-,28+,29-,30-,31-,32-,33-/m0/s1. The van der Waals surface area contributed by atoms with E-state index in [0.29, 0.717) is 37.7 Å². The number of likely N-dealkylation sites (tertiary alicyclic amines) is 1. The number of hydrogen-bond acceptors (Lipinski definition) is 6. The number of hydrogen-bond donors (Lipinski definition) is 1. The number of nitrogens with two attached hydrogens (primary N) is 1. The van der Waals surface area contributed by atoms with Crippen molar-refractivity contribution in [1.29, 1.82) is 0 Å². The highest BCUT2D eigenvalue weighted by molar-refractivity contribution is 5.30. The first-order chi connectivity index (χ1) is 19.0. The molecule has 1 aromatic rings. The maximum Gasteiger partial charge on any atom is 0.102 e. The van der Waals surface area contributed by atoms with E-state index in [2.05, 4.69) is 30.9 Å². The third kappa shape index (κ3) is 4.97. The average molecular weight is 541 g/mol. The quantitative estimate of drug-likeness (QED) is 0.278. The van der Waals surface area contributed by atoms with E-state index in [1.54, 1.807) is 5.57 Å². The van der Waals surface area contributed by atoms with Gasteiger partial charge in [-0.3, -0.25) is 0 Å². The highest BCUT2D eigenvalue weighted by Gasteiger charge is 2.65. The van der Waals surface area contributed by atoms with Gasteiger partial charge in [0.2, 0.25) is 0 Å². The van der Waals surface area contributed by atoms with Crippen molar-refractivity contribution in [3.05, 3.63) is 35.8 Å². The maximum absolute atomic E-state index is 6.74. The van der Waals surface area contributed by atoms with Crippen LogP contribution in [0.4, 0.5) is 0 Å². The molecule has 1 saturated heterocycles. The number of allylic oxidation sites excluding steroid dienone is 1. The first-order valence-electron chi connectivity index (χ1n) is 16.0. The van der Waals surface area contributed by atoms with Crippen LogP contribution in [-0.2, 0) is 19.8 Å². The monoisotopic (exact) mass is 540 g/mol. The van der Waals surface area contributed by atoms with Gasteiger partial charge >= 0.3 is 0 Å². The summed E-state index contributed by atoms with van der Waals surface area (Å²) < 4.78 is 24.5. The largest absolute Gasteiger partial charge is 0.472 e. The first-order valence-corrected chi connectivity index (χ1v) is 16.0. The molecule has 4 fully saturated rings. The Balaban J connectivity index is 1.08. The second-order valence-corrected chi connectivity index (χ2v) is 13.6. The van der Waals surface area contributed by atoms with E-state index in [4.69, 9.17) is 24.4 Å². The molecular weight excluding hydrogens is 488 g/mol. The average Bonchev–Trinajstić information content (AvgIpc) is 3.71. The molecule has 218 valence electrons. The van der Waals surface area contributed by atoms with E-state index >= 15 is 0 Å². The molecule has 7 atom stereocenters. The molecule has 6 rings (SSSR count). The summed E-state index contributed by atoms with van der Waals surface area (Å²) in [6, 6.07) is 2.14. The second kappa shape index (κ2) is 11.6. The lowest BCUT2D eigenvalue weighted by atomic mass is 9.46. The van der Waals surface area contributed by atoms with Crippen molar-refractivity contribution in [3.8, 4) is 0 Å². The van der Waals surface area contributed by atoms with Gasteiger partial charge in [0.15, 0.2) is 0 Å². The Hall–Kier alpha value is -1.18. The van der Waals surface area contributed by atoms with Gasteiger partial charge < -0.3 is 29.3 Å². The van der Waals surface area contributed by atoms with Gasteiger partial charge in [0, 0.05) is 24.1 Å². The van der Waals surface area contributed by atoms with Crippen molar-refractivity contribution < 1.29 is 18.6 Å². The number of ether oxygens (including phenoxy) is 3. The minimum atomic E-state index is -0.270. The summed E-state index contributed by atoms with van der Waals surface area (Å²) in [6.07, 6.45) is 18.9. The van der Waals surface area contributed by atoms with E-state index < -0.39 is 0 Å². The molecule has 0 aromatic carbocycles. The van der Waals surface area contributed by atoms with Gasteiger partial charge in [-0.2, -0.15) is 0 Å². The molecule has 0 bridgehead atoms. The van der Waals surface area contributed by atoms with Crippen LogP contribution in [0.1, 0.15) is 83.6 Å². The zero-order valence-corrected chi connectivity index (χ0v) is 24.5. The Kier molecular flexibility index (Phi) is 8.32. The molecule has 1 aromatic heterocycles. The number of nitrogens with zero attached hydrogens (tertiary/aromatic N) is 1. The van der Waals surface area contributed by atoms with Crippen LogP contribution in [0.3, 0.4) is 0 Å². The molecule has 6 nitrogen and oxygen atoms in total. The Morgan fingerprint density at radius 1 is 0.974 bits per heavy atom. The van der Waals surface area contributed by atoms with Gasteiger partial charge in [-0.25, -0.2) is 0 Å². The third-order valence-electron chi connectivity index (χ3n) is 12.0. The highest BCUT2D eigenvalue weighted by Crippen LogP contribution is 2.70. The van der Waals surface area contributed by atoms with Gasteiger partial charge in [0.25, 0.3) is 0 Å². The summed E-state index contributed by atoms with van der Waals surface area (Å²) in [5.74, 6) is 2.22. The van der Waals surface area contributed by atoms with Crippen LogP contribution in [0.25, 0.3) is 0 Å². The summed E-state index contributed by atoms with van der Waals surface area (Å²) in [5.41, 5.74) is 9.01. The third-order valence-corrected chi connectivity index (χ3v) is 12.0. The van der Waals surface area contributed by atoms with E-state index in [9.17, 15) is 0 Å². The topological polar surface area (TPSA) is 70.1 Å². The summed E-state index contributed by atoms with van der Waals surface area (Å²) in [5, 5.41) is 0. The zero-order valence-electron chi connectivity index (χ0n) is 24.5. The van der Waals surface area contributed by atoms with Crippen LogP contribution in [0.15, 0.2) is 34.7 Å². The van der Waals surface area contributed by atoms with Crippen LogP contribution in [0.5, 0.6) is 0 Å². The number of fused-ring (bicyclic) bond motifs is 5. The fourth-order valence-corrected chi connectivity index (χ4v) is 9.91. The van der Waals surface area contributed by atoms with E-state index in [1.165, 1.54) is 70.0 Å². The molecule has 6 heteroatoms.